The first-order chi connectivity index (χ1) is 7.53. The zero-order valence-electron chi connectivity index (χ0n) is 11.6. The molecule has 0 bridgehead atoms. The Balaban J connectivity index is 3.41. The molecule has 96 valence electrons. The Morgan fingerprint density at radius 1 is 0.882 bits per heavy atom. The van der Waals surface area contributed by atoms with E-state index in [9.17, 15) is 9.79 Å². The van der Waals surface area contributed by atoms with E-state index in [0.717, 1.165) is 5.56 Å². The molecule has 2 N–H and O–H groups in total. The molecule has 0 atom stereocenters. The zero-order valence-corrected chi connectivity index (χ0v) is 12.5. The maximum Gasteiger partial charge on any atom is 0.199 e. The Morgan fingerprint density at radius 2 is 1.41 bits per heavy atom. The highest BCUT2D eigenvalue weighted by molar-refractivity contribution is 7.54. The summed E-state index contributed by atoms with van der Waals surface area (Å²) in [6.07, 6.45) is 0. The van der Waals surface area contributed by atoms with Crippen molar-refractivity contribution in [3.63, 3.8) is 0 Å². The van der Waals surface area contributed by atoms with Crippen LogP contribution in [0.4, 0.5) is 0 Å². The first kappa shape index (κ1) is 14.6. The average molecular weight is 254 g/mol. The molecule has 0 aromatic heterocycles. The predicted molar refractivity (Wildman–Crippen MR) is 74.8 cm³/mol. The Morgan fingerprint density at radius 3 is 1.76 bits per heavy atom. The van der Waals surface area contributed by atoms with Crippen LogP contribution in [0.25, 0.3) is 0 Å². The van der Waals surface area contributed by atoms with Crippen LogP contribution in [-0.4, -0.2) is 9.79 Å². The fourth-order valence-electron chi connectivity index (χ4n) is 1.78. The third-order valence-electron chi connectivity index (χ3n) is 2.89. The minimum absolute atomic E-state index is 0.0756. The lowest BCUT2D eigenvalue weighted by molar-refractivity contribution is 0.494. The molecule has 0 aliphatic heterocycles. The van der Waals surface area contributed by atoms with Gasteiger partial charge in [-0.1, -0.05) is 53.7 Å². The molecule has 17 heavy (non-hydrogen) atoms. The van der Waals surface area contributed by atoms with Gasteiger partial charge in [-0.25, -0.2) is 0 Å². The SMILES string of the molecule is CC(C)(C)c1ccc(P(O)O)c(C(C)(C)C)c1. The van der Waals surface area contributed by atoms with Crippen molar-refractivity contribution in [3.05, 3.63) is 29.3 Å². The van der Waals surface area contributed by atoms with Crippen molar-refractivity contribution in [1.82, 2.24) is 0 Å². The Labute approximate surface area is 106 Å². The summed E-state index contributed by atoms with van der Waals surface area (Å²) in [5, 5.41) is 0.667. The van der Waals surface area contributed by atoms with Gasteiger partial charge in [-0.15, -0.1) is 0 Å². The van der Waals surface area contributed by atoms with E-state index in [1.54, 1.807) is 0 Å². The highest BCUT2D eigenvalue weighted by Gasteiger charge is 2.24. The van der Waals surface area contributed by atoms with Crippen LogP contribution in [0.2, 0.25) is 0 Å². The first-order valence-corrected chi connectivity index (χ1v) is 7.11. The van der Waals surface area contributed by atoms with E-state index in [4.69, 9.17) is 0 Å². The van der Waals surface area contributed by atoms with Gasteiger partial charge in [0.1, 0.15) is 0 Å². The van der Waals surface area contributed by atoms with Gasteiger partial charge in [-0.2, -0.15) is 0 Å². The normalized spacial score (nSPS) is 13.2. The second-order valence-electron chi connectivity index (χ2n) is 6.52. The van der Waals surface area contributed by atoms with Crippen molar-refractivity contribution in [1.29, 1.82) is 0 Å². The van der Waals surface area contributed by atoms with Gasteiger partial charge in [0, 0.05) is 5.30 Å². The van der Waals surface area contributed by atoms with Crippen molar-refractivity contribution in [2.75, 3.05) is 0 Å². The summed E-state index contributed by atoms with van der Waals surface area (Å²) >= 11 is 0. The molecule has 1 aromatic carbocycles. The van der Waals surface area contributed by atoms with E-state index in [1.807, 2.05) is 12.1 Å². The van der Waals surface area contributed by atoms with Gasteiger partial charge in [-0.05, 0) is 28.0 Å². The Kier molecular flexibility index (Phi) is 4.03. The molecule has 0 fully saturated rings. The van der Waals surface area contributed by atoms with Crippen LogP contribution in [-0.2, 0) is 10.8 Å². The van der Waals surface area contributed by atoms with Gasteiger partial charge in [0.2, 0.25) is 0 Å². The minimum atomic E-state index is -2.03. The first-order valence-electron chi connectivity index (χ1n) is 5.86. The summed E-state index contributed by atoms with van der Waals surface area (Å²) in [5.74, 6) is 0. The Hall–Kier alpha value is -0.430. The molecule has 1 aromatic rings. The second-order valence-corrected chi connectivity index (χ2v) is 7.58. The third kappa shape index (κ3) is 3.51. The van der Waals surface area contributed by atoms with Crippen molar-refractivity contribution in [2.24, 2.45) is 0 Å². The van der Waals surface area contributed by atoms with Crippen LogP contribution in [0.5, 0.6) is 0 Å². The van der Waals surface area contributed by atoms with Gasteiger partial charge in [-0.3, -0.25) is 0 Å². The van der Waals surface area contributed by atoms with E-state index < -0.39 is 8.38 Å². The van der Waals surface area contributed by atoms with Crippen LogP contribution in [0.1, 0.15) is 52.7 Å². The van der Waals surface area contributed by atoms with Gasteiger partial charge in [0.15, 0.2) is 8.38 Å². The second kappa shape index (κ2) is 4.68. The van der Waals surface area contributed by atoms with E-state index in [1.165, 1.54) is 5.56 Å². The molecule has 0 heterocycles. The lowest BCUT2D eigenvalue weighted by atomic mass is 9.81. The monoisotopic (exact) mass is 254 g/mol. The molecule has 0 unspecified atom stereocenters. The number of hydrogen-bond acceptors (Lipinski definition) is 2. The van der Waals surface area contributed by atoms with Gasteiger partial charge >= 0.3 is 0 Å². The van der Waals surface area contributed by atoms with Gasteiger partial charge < -0.3 is 9.79 Å². The van der Waals surface area contributed by atoms with E-state index in [2.05, 4.69) is 47.6 Å². The van der Waals surface area contributed by atoms with Crippen molar-refractivity contribution in [3.8, 4) is 0 Å². The molecular formula is C14H23O2P. The van der Waals surface area contributed by atoms with Gasteiger partial charge in [0.25, 0.3) is 0 Å². The maximum absolute atomic E-state index is 9.48. The zero-order chi connectivity index (χ0) is 13.4. The van der Waals surface area contributed by atoms with Crippen LogP contribution in [0.15, 0.2) is 18.2 Å². The standard InChI is InChI=1S/C14H23O2P/c1-13(2,3)10-7-8-12(17(15)16)11(9-10)14(4,5)6/h7-9,15-16H,1-6H3. The van der Waals surface area contributed by atoms with Crippen molar-refractivity contribution >= 4 is 13.7 Å². The molecule has 0 spiro atoms. The fourth-order valence-corrected chi connectivity index (χ4v) is 2.60. The number of rotatable bonds is 1. The van der Waals surface area contributed by atoms with Crippen LogP contribution < -0.4 is 5.30 Å². The number of hydrogen-bond donors (Lipinski definition) is 2. The van der Waals surface area contributed by atoms with E-state index in [0.29, 0.717) is 5.30 Å². The maximum atomic E-state index is 9.48. The van der Waals surface area contributed by atoms with Crippen LogP contribution in [0, 0.1) is 0 Å². The smallest absolute Gasteiger partial charge is 0.199 e. The minimum Gasteiger partial charge on any atom is -0.347 e. The molecule has 0 saturated heterocycles. The quantitative estimate of drug-likeness (QED) is 0.755. The van der Waals surface area contributed by atoms with Crippen molar-refractivity contribution in [2.45, 2.75) is 52.4 Å². The van der Waals surface area contributed by atoms with E-state index >= 15 is 0 Å². The summed E-state index contributed by atoms with van der Waals surface area (Å²) < 4.78 is 0. The molecule has 2 nitrogen and oxygen atoms in total. The number of benzene rings is 1. The summed E-state index contributed by atoms with van der Waals surface area (Å²) in [6, 6.07) is 5.95. The van der Waals surface area contributed by atoms with Crippen LogP contribution >= 0.6 is 8.38 Å². The molecular weight excluding hydrogens is 231 g/mol. The lowest BCUT2D eigenvalue weighted by Gasteiger charge is -2.27. The molecule has 0 aliphatic carbocycles. The summed E-state index contributed by atoms with van der Waals surface area (Å²) in [7, 11) is -2.03. The third-order valence-corrected chi connectivity index (χ3v) is 3.71. The van der Waals surface area contributed by atoms with E-state index in [-0.39, 0.29) is 10.8 Å². The predicted octanol–water partition coefficient (Wildman–Crippen LogP) is 3.20. The van der Waals surface area contributed by atoms with Crippen molar-refractivity contribution < 1.29 is 9.79 Å². The fraction of sp³-hybridized carbons (Fsp3) is 0.571. The summed E-state index contributed by atoms with van der Waals surface area (Å²) in [6.45, 7) is 12.8. The summed E-state index contributed by atoms with van der Waals surface area (Å²) in [4.78, 5) is 19.0. The highest BCUT2D eigenvalue weighted by Crippen LogP contribution is 2.34. The van der Waals surface area contributed by atoms with Gasteiger partial charge in [0.05, 0.1) is 0 Å². The molecule has 0 aliphatic rings. The largest absolute Gasteiger partial charge is 0.347 e. The molecule has 1 rings (SSSR count). The summed E-state index contributed by atoms with van der Waals surface area (Å²) in [5.41, 5.74) is 2.25. The Bertz CT molecular complexity index is 398. The molecule has 3 heteroatoms. The molecule has 0 radical (unpaired) electrons. The molecule has 0 amide bonds. The van der Waals surface area contributed by atoms with Crippen LogP contribution in [0.3, 0.4) is 0 Å². The highest BCUT2D eigenvalue weighted by atomic mass is 31.2. The molecule has 0 saturated carbocycles. The lowest BCUT2D eigenvalue weighted by Crippen LogP contribution is -2.24. The topological polar surface area (TPSA) is 40.5 Å². The average Bonchev–Trinajstić information content (AvgIpc) is 2.14.